The minimum absolute atomic E-state index is 0.0847. The van der Waals surface area contributed by atoms with Gasteiger partial charge in [0.05, 0.1) is 34.8 Å². The molecule has 2 aromatic rings. The van der Waals surface area contributed by atoms with Crippen molar-refractivity contribution in [3.8, 4) is 23.1 Å². The molecule has 7 heteroatoms. The first-order valence-corrected chi connectivity index (χ1v) is 8.76. The summed E-state index contributed by atoms with van der Waals surface area (Å²) < 4.78 is 5.11. The number of nitriles is 1. The Morgan fingerprint density at radius 2 is 2.08 bits per heavy atom. The molecule has 0 saturated carbocycles. The summed E-state index contributed by atoms with van der Waals surface area (Å²) >= 11 is 3.23. The standard InChI is InChI=1S/C19H17BrN2O4/c1-3-26-17(24)8-7-16(23)18-19(25)14(20)9-15(22-18)13-6-4-5-12(10-21)11(13)2/h4-6,9,25H,3,7-8H2,1-2H3. The Balaban J connectivity index is 2.40. The van der Waals surface area contributed by atoms with Crippen LogP contribution in [0.5, 0.6) is 5.75 Å². The number of benzene rings is 1. The number of esters is 1. The highest BCUT2D eigenvalue weighted by Gasteiger charge is 2.20. The number of rotatable bonds is 6. The number of carbonyl (C=O) groups excluding carboxylic acids is 2. The van der Waals surface area contributed by atoms with Crippen LogP contribution in [-0.4, -0.2) is 28.4 Å². The lowest BCUT2D eigenvalue weighted by atomic mass is 9.99. The van der Waals surface area contributed by atoms with Crippen LogP contribution >= 0.6 is 15.9 Å². The average molecular weight is 417 g/mol. The van der Waals surface area contributed by atoms with Crippen LogP contribution in [0.15, 0.2) is 28.7 Å². The summed E-state index contributed by atoms with van der Waals surface area (Å²) in [6.45, 7) is 3.72. The molecule has 0 unspecified atom stereocenters. The van der Waals surface area contributed by atoms with Gasteiger partial charge in [-0.1, -0.05) is 12.1 Å². The second-order valence-corrected chi connectivity index (χ2v) is 6.36. The van der Waals surface area contributed by atoms with E-state index in [1.165, 1.54) is 0 Å². The van der Waals surface area contributed by atoms with Crippen molar-refractivity contribution >= 4 is 27.7 Å². The quantitative estimate of drug-likeness (QED) is 0.565. The molecule has 0 spiro atoms. The second-order valence-electron chi connectivity index (χ2n) is 5.50. The summed E-state index contributed by atoms with van der Waals surface area (Å²) in [5.41, 5.74) is 2.24. The average Bonchev–Trinajstić information content (AvgIpc) is 2.62. The third kappa shape index (κ3) is 4.27. The molecular formula is C19H17BrN2O4. The van der Waals surface area contributed by atoms with Gasteiger partial charge in [-0.15, -0.1) is 0 Å². The number of hydrogen-bond acceptors (Lipinski definition) is 6. The lowest BCUT2D eigenvalue weighted by Crippen LogP contribution is -2.10. The number of aromatic nitrogens is 1. The molecule has 0 aliphatic rings. The lowest BCUT2D eigenvalue weighted by Gasteiger charge is -2.11. The Morgan fingerprint density at radius 3 is 2.73 bits per heavy atom. The van der Waals surface area contributed by atoms with Crippen molar-refractivity contribution in [3.05, 3.63) is 45.6 Å². The van der Waals surface area contributed by atoms with Crippen molar-refractivity contribution in [2.75, 3.05) is 6.61 Å². The predicted octanol–water partition coefficient (Wildman–Crippen LogP) is 3.92. The number of Topliss-reactive ketones (excluding diaryl/α,β-unsaturated/α-hetero) is 1. The van der Waals surface area contributed by atoms with Crippen LogP contribution in [0.3, 0.4) is 0 Å². The van der Waals surface area contributed by atoms with Crippen LogP contribution in [0.4, 0.5) is 0 Å². The molecule has 1 N–H and O–H groups in total. The van der Waals surface area contributed by atoms with Gasteiger partial charge >= 0.3 is 5.97 Å². The van der Waals surface area contributed by atoms with E-state index in [1.54, 1.807) is 38.1 Å². The Bertz CT molecular complexity index is 903. The minimum Gasteiger partial charge on any atom is -0.504 e. The molecule has 1 heterocycles. The molecule has 0 atom stereocenters. The van der Waals surface area contributed by atoms with Gasteiger partial charge < -0.3 is 9.84 Å². The molecule has 0 aliphatic carbocycles. The first-order chi connectivity index (χ1) is 12.4. The summed E-state index contributed by atoms with van der Waals surface area (Å²) in [7, 11) is 0. The second kappa shape index (κ2) is 8.59. The van der Waals surface area contributed by atoms with Crippen LogP contribution in [0, 0.1) is 18.3 Å². The fourth-order valence-electron chi connectivity index (χ4n) is 2.44. The number of hydrogen-bond donors (Lipinski definition) is 1. The molecule has 134 valence electrons. The van der Waals surface area contributed by atoms with Crippen LogP contribution in [-0.2, 0) is 9.53 Å². The SMILES string of the molecule is CCOC(=O)CCC(=O)c1nc(-c2cccc(C#N)c2C)cc(Br)c1O. The van der Waals surface area contributed by atoms with Crippen LogP contribution in [0.25, 0.3) is 11.3 Å². The maximum Gasteiger partial charge on any atom is 0.306 e. The van der Waals surface area contributed by atoms with Gasteiger partial charge in [0.2, 0.25) is 0 Å². The molecule has 0 fully saturated rings. The number of carbonyl (C=O) groups is 2. The predicted molar refractivity (Wildman–Crippen MR) is 98.7 cm³/mol. The molecule has 26 heavy (non-hydrogen) atoms. The highest BCUT2D eigenvalue weighted by Crippen LogP contribution is 2.33. The maximum absolute atomic E-state index is 12.4. The molecule has 0 bridgehead atoms. The van der Waals surface area contributed by atoms with Gasteiger partial charge in [0.25, 0.3) is 0 Å². The van der Waals surface area contributed by atoms with Crippen LogP contribution < -0.4 is 0 Å². The largest absolute Gasteiger partial charge is 0.504 e. The number of ether oxygens (including phenoxy) is 1. The Morgan fingerprint density at radius 1 is 1.35 bits per heavy atom. The Kier molecular flexibility index (Phi) is 6.47. The molecule has 1 aromatic heterocycles. The third-order valence-electron chi connectivity index (χ3n) is 3.80. The molecule has 0 aliphatic heterocycles. The summed E-state index contributed by atoms with van der Waals surface area (Å²) in [5, 5.41) is 19.4. The number of aromatic hydroxyl groups is 1. The van der Waals surface area contributed by atoms with Gasteiger partial charge in [-0.2, -0.15) is 5.26 Å². The van der Waals surface area contributed by atoms with Crippen molar-refractivity contribution < 1.29 is 19.4 Å². The molecule has 2 rings (SSSR count). The van der Waals surface area contributed by atoms with Gasteiger partial charge in [-0.3, -0.25) is 9.59 Å². The zero-order valence-corrected chi connectivity index (χ0v) is 16.0. The van der Waals surface area contributed by atoms with Crippen molar-refractivity contribution in [2.24, 2.45) is 0 Å². The zero-order valence-electron chi connectivity index (χ0n) is 14.4. The number of nitrogens with zero attached hydrogens (tertiary/aromatic N) is 2. The van der Waals surface area contributed by atoms with E-state index in [4.69, 9.17) is 4.74 Å². The van der Waals surface area contributed by atoms with E-state index in [9.17, 15) is 20.0 Å². The van der Waals surface area contributed by atoms with Gasteiger partial charge in [0.15, 0.2) is 11.5 Å². The molecule has 0 radical (unpaired) electrons. The first-order valence-electron chi connectivity index (χ1n) is 7.97. The topological polar surface area (TPSA) is 100 Å². The summed E-state index contributed by atoms with van der Waals surface area (Å²) in [4.78, 5) is 28.1. The number of ketones is 1. The maximum atomic E-state index is 12.4. The van der Waals surface area contributed by atoms with E-state index < -0.39 is 11.8 Å². The van der Waals surface area contributed by atoms with Crippen LogP contribution in [0.2, 0.25) is 0 Å². The fourth-order valence-corrected chi connectivity index (χ4v) is 2.85. The van der Waals surface area contributed by atoms with Crippen molar-refractivity contribution in [3.63, 3.8) is 0 Å². The van der Waals surface area contributed by atoms with Crippen molar-refractivity contribution in [1.82, 2.24) is 4.98 Å². The Labute approximate surface area is 159 Å². The van der Waals surface area contributed by atoms with E-state index in [2.05, 4.69) is 27.0 Å². The molecule has 0 saturated heterocycles. The molecule has 0 amide bonds. The van der Waals surface area contributed by atoms with E-state index >= 15 is 0 Å². The van der Waals surface area contributed by atoms with Gasteiger partial charge in [0.1, 0.15) is 5.69 Å². The number of pyridine rings is 1. The summed E-state index contributed by atoms with van der Waals surface area (Å²) in [5.74, 6) is -1.22. The molecule has 1 aromatic carbocycles. The number of halogens is 1. The monoisotopic (exact) mass is 416 g/mol. The highest BCUT2D eigenvalue weighted by atomic mass is 79.9. The highest BCUT2D eigenvalue weighted by molar-refractivity contribution is 9.10. The Hall–Kier alpha value is -2.72. The summed E-state index contributed by atoms with van der Waals surface area (Å²) in [6.07, 6.45) is -0.203. The van der Waals surface area contributed by atoms with E-state index in [0.29, 0.717) is 21.3 Å². The lowest BCUT2D eigenvalue weighted by molar-refractivity contribution is -0.143. The smallest absolute Gasteiger partial charge is 0.306 e. The third-order valence-corrected chi connectivity index (χ3v) is 4.41. The van der Waals surface area contributed by atoms with Crippen LogP contribution in [0.1, 0.15) is 41.4 Å². The summed E-state index contributed by atoms with van der Waals surface area (Å²) in [6, 6.07) is 8.90. The normalized spacial score (nSPS) is 10.2. The van der Waals surface area contributed by atoms with E-state index in [-0.39, 0.29) is 30.9 Å². The zero-order chi connectivity index (χ0) is 19.3. The fraction of sp³-hybridized carbons (Fsp3) is 0.263. The van der Waals surface area contributed by atoms with Gasteiger partial charge in [0, 0.05) is 12.0 Å². The van der Waals surface area contributed by atoms with Gasteiger partial charge in [-0.05, 0) is 47.5 Å². The molecular weight excluding hydrogens is 400 g/mol. The first kappa shape index (κ1) is 19.6. The van der Waals surface area contributed by atoms with E-state index in [1.807, 2.05) is 0 Å². The van der Waals surface area contributed by atoms with Crippen molar-refractivity contribution in [1.29, 1.82) is 5.26 Å². The van der Waals surface area contributed by atoms with E-state index in [0.717, 1.165) is 5.56 Å². The van der Waals surface area contributed by atoms with Gasteiger partial charge in [-0.25, -0.2) is 4.98 Å². The molecule has 6 nitrogen and oxygen atoms in total. The van der Waals surface area contributed by atoms with Crippen molar-refractivity contribution in [2.45, 2.75) is 26.7 Å². The minimum atomic E-state index is -0.479.